The minimum Gasteiger partial charge on any atom is -0.387 e. The highest BCUT2D eigenvalue weighted by Gasteiger charge is 2.34. The zero-order chi connectivity index (χ0) is 15.5. The molecule has 1 rings (SSSR count). The molecule has 0 aliphatic carbocycles. The molecule has 0 saturated carbocycles. The second-order valence-corrected chi connectivity index (χ2v) is 6.85. The molecule has 1 fully saturated rings. The molecule has 0 aromatic rings. The van der Waals surface area contributed by atoms with Crippen molar-refractivity contribution in [1.82, 2.24) is 15.1 Å². The van der Waals surface area contributed by atoms with Gasteiger partial charge in [-0.3, -0.25) is 9.69 Å². The van der Waals surface area contributed by atoms with E-state index in [2.05, 4.69) is 24.1 Å². The van der Waals surface area contributed by atoms with Gasteiger partial charge in [-0.25, -0.2) is 0 Å². The normalized spacial score (nSPS) is 28.4. The van der Waals surface area contributed by atoms with E-state index in [4.69, 9.17) is 0 Å². The highest BCUT2D eigenvalue weighted by Crippen LogP contribution is 2.25. The maximum absolute atomic E-state index is 12.3. The SMILES string of the molecule is C[C@@H]1CC[C@H](C)N1[C@@H](C)C(=O)NC[C@@](C)(O)CN(C)C. The molecule has 1 saturated heterocycles. The summed E-state index contributed by atoms with van der Waals surface area (Å²) in [6.45, 7) is 8.86. The minimum absolute atomic E-state index is 0.00429. The molecule has 118 valence electrons. The van der Waals surface area contributed by atoms with Crippen LogP contribution in [0.15, 0.2) is 0 Å². The lowest BCUT2D eigenvalue weighted by atomic mass is 10.1. The molecule has 0 spiro atoms. The quantitative estimate of drug-likeness (QED) is 0.753. The smallest absolute Gasteiger partial charge is 0.237 e. The van der Waals surface area contributed by atoms with E-state index in [0.29, 0.717) is 18.6 Å². The Morgan fingerprint density at radius 3 is 2.35 bits per heavy atom. The van der Waals surface area contributed by atoms with Crippen molar-refractivity contribution in [3.05, 3.63) is 0 Å². The lowest BCUT2D eigenvalue weighted by molar-refractivity contribution is -0.128. The summed E-state index contributed by atoms with van der Waals surface area (Å²) in [5.74, 6) is 0.00429. The van der Waals surface area contributed by atoms with Crippen molar-refractivity contribution in [2.75, 3.05) is 27.2 Å². The molecule has 0 aromatic heterocycles. The molecular formula is C15H31N3O2. The van der Waals surface area contributed by atoms with E-state index < -0.39 is 5.60 Å². The zero-order valence-electron chi connectivity index (χ0n) is 13.8. The maximum atomic E-state index is 12.3. The van der Waals surface area contributed by atoms with Crippen LogP contribution in [0, 0.1) is 0 Å². The second kappa shape index (κ2) is 6.87. The molecule has 0 radical (unpaired) electrons. The molecule has 0 unspecified atom stereocenters. The fourth-order valence-electron chi connectivity index (χ4n) is 3.28. The summed E-state index contributed by atoms with van der Waals surface area (Å²) >= 11 is 0. The van der Waals surface area contributed by atoms with Gasteiger partial charge in [0, 0.05) is 25.2 Å². The van der Waals surface area contributed by atoms with Crippen LogP contribution in [0.4, 0.5) is 0 Å². The highest BCUT2D eigenvalue weighted by molar-refractivity contribution is 5.81. The fraction of sp³-hybridized carbons (Fsp3) is 0.933. The topological polar surface area (TPSA) is 55.8 Å². The van der Waals surface area contributed by atoms with Gasteiger partial charge in [0.15, 0.2) is 0 Å². The molecule has 5 nitrogen and oxygen atoms in total. The van der Waals surface area contributed by atoms with Crippen molar-refractivity contribution in [2.24, 2.45) is 0 Å². The Hall–Kier alpha value is -0.650. The first-order valence-corrected chi connectivity index (χ1v) is 7.56. The highest BCUT2D eigenvalue weighted by atomic mass is 16.3. The predicted octanol–water partition coefficient (Wildman–Crippen LogP) is 0.677. The first-order valence-electron chi connectivity index (χ1n) is 7.56. The zero-order valence-corrected chi connectivity index (χ0v) is 13.8. The van der Waals surface area contributed by atoms with Crippen molar-refractivity contribution in [2.45, 2.75) is 64.3 Å². The van der Waals surface area contributed by atoms with Gasteiger partial charge in [0.2, 0.25) is 5.91 Å². The first kappa shape index (κ1) is 17.4. The standard InChI is InChI=1S/C15H31N3O2/c1-11-7-8-12(2)18(11)13(3)14(19)16-9-15(4,20)10-17(5)6/h11-13,20H,7-10H2,1-6H3,(H,16,19)/t11-,12+,13-,15+/m0/s1. The maximum Gasteiger partial charge on any atom is 0.237 e. The summed E-state index contributed by atoms with van der Waals surface area (Å²) in [7, 11) is 3.82. The van der Waals surface area contributed by atoms with Crippen LogP contribution in [0.5, 0.6) is 0 Å². The average Bonchev–Trinajstić information content (AvgIpc) is 2.63. The molecule has 1 aliphatic rings. The Balaban J connectivity index is 2.50. The lowest BCUT2D eigenvalue weighted by Crippen LogP contribution is -2.53. The predicted molar refractivity (Wildman–Crippen MR) is 81.6 cm³/mol. The van der Waals surface area contributed by atoms with Gasteiger partial charge >= 0.3 is 0 Å². The Labute approximate surface area is 123 Å². The molecule has 1 amide bonds. The summed E-state index contributed by atoms with van der Waals surface area (Å²) in [4.78, 5) is 16.5. The number of rotatable bonds is 6. The number of amides is 1. The van der Waals surface area contributed by atoms with Crippen molar-refractivity contribution in [3.63, 3.8) is 0 Å². The summed E-state index contributed by atoms with van der Waals surface area (Å²) in [5.41, 5.74) is -0.902. The third-order valence-electron chi connectivity index (χ3n) is 4.15. The van der Waals surface area contributed by atoms with Gasteiger partial charge in [-0.1, -0.05) is 0 Å². The van der Waals surface area contributed by atoms with Gasteiger partial charge in [0.25, 0.3) is 0 Å². The van der Waals surface area contributed by atoms with Crippen molar-refractivity contribution in [1.29, 1.82) is 0 Å². The minimum atomic E-state index is -0.902. The number of likely N-dealkylation sites (tertiary alicyclic amines) is 1. The molecule has 20 heavy (non-hydrogen) atoms. The summed E-state index contributed by atoms with van der Waals surface area (Å²) in [5, 5.41) is 13.1. The summed E-state index contributed by atoms with van der Waals surface area (Å²) < 4.78 is 0. The van der Waals surface area contributed by atoms with Crippen LogP contribution in [0.3, 0.4) is 0 Å². The van der Waals surface area contributed by atoms with Gasteiger partial charge < -0.3 is 15.3 Å². The van der Waals surface area contributed by atoms with Crippen molar-refractivity contribution >= 4 is 5.91 Å². The largest absolute Gasteiger partial charge is 0.387 e. The molecule has 2 N–H and O–H groups in total. The second-order valence-electron chi connectivity index (χ2n) is 6.85. The van der Waals surface area contributed by atoms with Gasteiger partial charge in [0.05, 0.1) is 11.6 Å². The molecule has 4 atom stereocenters. The van der Waals surface area contributed by atoms with Gasteiger partial charge in [-0.05, 0) is 54.6 Å². The number of nitrogens with one attached hydrogen (secondary N) is 1. The van der Waals surface area contributed by atoms with Crippen LogP contribution >= 0.6 is 0 Å². The number of hydrogen-bond donors (Lipinski definition) is 2. The van der Waals surface area contributed by atoms with Gasteiger partial charge in [-0.2, -0.15) is 0 Å². The van der Waals surface area contributed by atoms with Gasteiger partial charge in [0.1, 0.15) is 0 Å². The summed E-state index contributed by atoms with van der Waals surface area (Å²) in [6.07, 6.45) is 2.30. The Kier molecular flexibility index (Phi) is 5.98. The Morgan fingerprint density at radius 2 is 1.90 bits per heavy atom. The molecular weight excluding hydrogens is 254 g/mol. The monoisotopic (exact) mass is 285 g/mol. The van der Waals surface area contributed by atoms with Crippen LogP contribution in [-0.4, -0.2) is 71.7 Å². The number of nitrogens with zero attached hydrogens (tertiary/aromatic N) is 2. The molecule has 1 heterocycles. The van der Waals surface area contributed by atoms with E-state index in [9.17, 15) is 9.90 Å². The van der Waals surface area contributed by atoms with Crippen LogP contribution < -0.4 is 5.32 Å². The molecule has 0 bridgehead atoms. The van der Waals surface area contributed by atoms with Crippen molar-refractivity contribution < 1.29 is 9.90 Å². The Morgan fingerprint density at radius 1 is 1.40 bits per heavy atom. The molecule has 0 aromatic carbocycles. The lowest BCUT2D eigenvalue weighted by Gasteiger charge is -2.33. The van der Waals surface area contributed by atoms with Gasteiger partial charge in [-0.15, -0.1) is 0 Å². The third kappa shape index (κ3) is 4.72. The fourth-order valence-corrected chi connectivity index (χ4v) is 3.28. The van der Waals surface area contributed by atoms with E-state index in [-0.39, 0.29) is 18.5 Å². The van der Waals surface area contributed by atoms with Crippen molar-refractivity contribution in [3.8, 4) is 0 Å². The first-order chi connectivity index (χ1) is 9.14. The molecule has 1 aliphatic heterocycles. The Bertz CT molecular complexity index is 321. The third-order valence-corrected chi connectivity index (χ3v) is 4.15. The molecule has 5 heteroatoms. The number of hydrogen-bond acceptors (Lipinski definition) is 4. The number of aliphatic hydroxyl groups is 1. The van der Waals surface area contributed by atoms with E-state index in [1.165, 1.54) is 0 Å². The van der Waals surface area contributed by atoms with E-state index in [1.54, 1.807) is 6.92 Å². The average molecular weight is 285 g/mol. The van der Waals surface area contributed by atoms with E-state index >= 15 is 0 Å². The van der Waals surface area contributed by atoms with Crippen LogP contribution in [-0.2, 0) is 4.79 Å². The van der Waals surface area contributed by atoms with E-state index in [1.807, 2.05) is 25.9 Å². The van der Waals surface area contributed by atoms with Crippen LogP contribution in [0.25, 0.3) is 0 Å². The number of carbonyl (C=O) groups is 1. The van der Waals surface area contributed by atoms with Crippen LogP contribution in [0.2, 0.25) is 0 Å². The number of likely N-dealkylation sites (N-methyl/N-ethyl adjacent to an activating group) is 1. The van der Waals surface area contributed by atoms with E-state index in [0.717, 1.165) is 12.8 Å². The summed E-state index contributed by atoms with van der Waals surface area (Å²) in [6, 6.07) is 0.763. The number of carbonyl (C=O) groups excluding carboxylic acids is 1. The van der Waals surface area contributed by atoms with Crippen LogP contribution in [0.1, 0.15) is 40.5 Å².